The van der Waals surface area contributed by atoms with E-state index in [1.807, 2.05) is 0 Å². The Bertz CT molecular complexity index is 275. The van der Waals surface area contributed by atoms with E-state index in [4.69, 9.17) is 41.7 Å². The monoisotopic (exact) mass is 296 g/mol. The molecule has 0 radical (unpaired) electrons. The molecule has 0 aromatic rings. The van der Waals surface area contributed by atoms with Gasteiger partial charge in [-0.25, -0.2) is 13.7 Å². The van der Waals surface area contributed by atoms with Gasteiger partial charge in [-0.15, -0.1) is 0 Å². The molecule has 0 heterocycles. The second kappa shape index (κ2) is 6.81. The maximum atomic E-state index is 9.63. The van der Waals surface area contributed by atoms with Gasteiger partial charge < -0.3 is 39.7 Å². The summed E-state index contributed by atoms with van der Waals surface area (Å²) in [4.78, 5) is 52.6. The fourth-order valence-corrected chi connectivity index (χ4v) is 1.25. The van der Waals surface area contributed by atoms with Gasteiger partial charge in [-0.2, -0.15) is 4.31 Å². The molecule has 0 aromatic heterocycles. The highest BCUT2D eigenvalue weighted by Gasteiger charge is 2.27. The molecule has 0 bridgehead atoms. The number of phosphoric acid groups is 3. The summed E-state index contributed by atoms with van der Waals surface area (Å²) < 4.78 is 41.8. The van der Waals surface area contributed by atoms with Crippen LogP contribution >= 0.6 is 23.5 Å². The molecule has 0 aliphatic rings. The SMILES string of the molecule is O=P(O)(O)O.O=P(O)(O)OP(=O)(O)O.[2H]O[2H]. The Morgan fingerprint density at radius 2 is 1.00 bits per heavy atom. The standard InChI is InChI=1S/H4O7P2.H3O4P.H2O/c1-8(2,3)7-9(4,5)6;1-5(2,3)4;/h(H2,1,2,3)(H2,4,5,6);(H3,1,2,3,4);1H2/i/hD2. The Labute approximate surface area is 85.2 Å². The molecule has 12 nitrogen and oxygen atoms in total. The van der Waals surface area contributed by atoms with Crippen LogP contribution in [0.25, 0.3) is 0 Å². The molecule has 0 spiro atoms. The van der Waals surface area contributed by atoms with E-state index in [-0.39, 0.29) is 0 Å². The molecule has 0 aliphatic heterocycles. The van der Waals surface area contributed by atoms with Gasteiger partial charge in [-0.1, -0.05) is 0 Å². The fourth-order valence-electron chi connectivity index (χ4n) is 0.139. The van der Waals surface area contributed by atoms with Crippen molar-refractivity contribution >= 4 is 23.5 Å². The summed E-state index contributed by atoms with van der Waals surface area (Å²) in [6, 6.07) is 0. The van der Waals surface area contributed by atoms with E-state index in [1.165, 1.54) is 0 Å². The predicted octanol–water partition coefficient (Wildman–Crippen LogP) is -2.56. The highest BCUT2D eigenvalue weighted by Crippen LogP contribution is 2.53. The molecule has 0 atom stereocenters. The first kappa shape index (κ1) is 15.3. The zero-order chi connectivity index (χ0) is 14.9. The smallest absolute Gasteiger partial charge is 0.412 e. The first-order valence-electron chi connectivity index (χ1n) is 3.13. The van der Waals surface area contributed by atoms with Crippen molar-refractivity contribution in [2.45, 2.75) is 0 Å². The third-order valence-electron chi connectivity index (χ3n) is 0.213. The molecule has 96 valence electrons. The third kappa shape index (κ3) is 54.4. The molecular formula is H9O12P3. The van der Waals surface area contributed by atoms with Crippen LogP contribution in [0.2, 0.25) is 0 Å². The molecule has 0 unspecified atom stereocenters. The van der Waals surface area contributed by atoms with Crippen molar-refractivity contribution in [3.63, 3.8) is 0 Å². The Hall–Kier alpha value is 0.330. The highest BCUT2D eigenvalue weighted by molar-refractivity contribution is 7.60. The zero-order valence-electron chi connectivity index (χ0n) is 8.51. The Morgan fingerprint density at radius 3 is 1.00 bits per heavy atom. The van der Waals surface area contributed by atoms with E-state index >= 15 is 0 Å². The van der Waals surface area contributed by atoms with Crippen LogP contribution in [0.5, 0.6) is 0 Å². The van der Waals surface area contributed by atoms with Crippen molar-refractivity contribution in [2.75, 3.05) is 0 Å². The second-order valence-electron chi connectivity index (χ2n) is 1.58. The molecule has 0 saturated heterocycles. The van der Waals surface area contributed by atoms with Crippen molar-refractivity contribution < 1.29 is 57.7 Å². The van der Waals surface area contributed by atoms with Crippen LogP contribution in [-0.2, 0) is 18.0 Å². The van der Waals surface area contributed by atoms with E-state index in [2.05, 4.69) is 9.79 Å². The van der Waals surface area contributed by atoms with E-state index in [1.54, 1.807) is 0 Å². The zero-order valence-corrected chi connectivity index (χ0v) is 9.20. The van der Waals surface area contributed by atoms with Crippen LogP contribution in [0.15, 0.2) is 0 Å². The summed E-state index contributed by atoms with van der Waals surface area (Å²) >= 11 is 0. The Kier molecular flexibility index (Phi) is 6.96. The van der Waals surface area contributed by atoms with Crippen molar-refractivity contribution in [1.82, 2.24) is 0 Å². The minimum absolute atomic E-state index is 2.75. The lowest BCUT2D eigenvalue weighted by Gasteiger charge is -2.03. The molecule has 0 amide bonds. The average molecular weight is 296 g/mol. The molecule has 0 saturated carbocycles. The summed E-state index contributed by atoms with van der Waals surface area (Å²) in [5.74, 6) is 0. The van der Waals surface area contributed by atoms with Crippen LogP contribution < -0.4 is 0 Å². The minimum Gasteiger partial charge on any atom is -0.412 e. The minimum atomic E-state index is -5.05. The van der Waals surface area contributed by atoms with Gasteiger partial charge in [0.2, 0.25) is 2.86 Å². The van der Waals surface area contributed by atoms with Gasteiger partial charge in [-0.3, -0.25) is 0 Å². The average Bonchev–Trinajstić information content (AvgIpc) is 1.72. The van der Waals surface area contributed by atoms with Crippen molar-refractivity contribution in [3.8, 4) is 0 Å². The quantitative estimate of drug-likeness (QED) is 0.261. The molecule has 15 heteroatoms. The van der Waals surface area contributed by atoms with Crippen LogP contribution in [0.1, 0.15) is 0 Å². The third-order valence-corrected chi connectivity index (χ3v) is 1.91. The maximum Gasteiger partial charge on any atom is 0.478 e. The van der Waals surface area contributed by atoms with Crippen molar-refractivity contribution in [3.05, 3.63) is 0 Å². The van der Waals surface area contributed by atoms with Gasteiger partial charge in [0.15, 0.2) is 0 Å². The number of hydrogen-bond acceptors (Lipinski definition) is 4. The maximum absolute atomic E-state index is 9.63. The van der Waals surface area contributed by atoms with Gasteiger partial charge in [-0.05, 0) is 0 Å². The van der Waals surface area contributed by atoms with Gasteiger partial charge in [0.05, 0.1) is 0 Å². The van der Waals surface area contributed by atoms with E-state index in [9.17, 15) is 9.13 Å². The van der Waals surface area contributed by atoms with Crippen LogP contribution in [0.3, 0.4) is 0 Å². The Morgan fingerprint density at radius 1 is 0.867 bits per heavy atom. The fraction of sp³-hybridized carbons (Fsp3) is 0. The van der Waals surface area contributed by atoms with Gasteiger partial charge in [0, 0.05) is 0 Å². The van der Waals surface area contributed by atoms with E-state index in [0.717, 1.165) is 0 Å². The summed E-state index contributed by atoms with van der Waals surface area (Å²) in [6.45, 7) is 0. The van der Waals surface area contributed by atoms with E-state index in [0.29, 0.717) is 0 Å². The first-order valence-corrected chi connectivity index (χ1v) is 6.94. The van der Waals surface area contributed by atoms with Crippen molar-refractivity contribution in [2.24, 2.45) is 0 Å². The number of hydrogen-bond donors (Lipinski definition) is 7. The first-order chi connectivity index (χ1) is 7.12. The van der Waals surface area contributed by atoms with Crippen LogP contribution in [0.4, 0.5) is 0 Å². The lowest BCUT2D eigenvalue weighted by Crippen LogP contribution is -1.84. The highest BCUT2D eigenvalue weighted by atomic mass is 31.3. The van der Waals surface area contributed by atoms with Gasteiger partial charge in [0.25, 0.3) is 0 Å². The summed E-state index contributed by atoms with van der Waals surface area (Å²) in [6.07, 6.45) is 0. The lowest BCUT2D eigenvalue weighted by molar-refractivity contribution is 0.225. The van der Waals surface area contributed by atoms with Crippen LogP contribution in [-0.4, -0.2) is 42.6 Å². The summed E-state index contributed by atoms with van der Waals surface area (Å²) in [5, 5.41) is 0. The van der Waals surface area contributed by atoms with Crippen LogP contribution in [0, 0.1) is 0 Å². The molecule has 9 N–H and O–H groups in total. The van der Waals surface area contributed by atoms with Crippen molar-refractivity contribution in [1.29, 1.82) is 2.86 Å². The lowest BCUT2D eigenvalue weighted by atomic mass is 15.7. The second-order valence-corrected chi connectivity index (χ2v) is 5.22. The molecule has 0 fully saturated rings. The van der Waals surface area contributed by atoms with Gasteiger partial charge >= 0.3 is 23.5 Å². The topological polar surface area (TPSA) is 234 Å². The Balaban J connectivity index is -0.000000207. The largest absolute Gasteiger partial charge is 0.478 e. The molecule has 0 rings (SSSR count). The number of rotatable bonds is 2. The summed E-state index contributed by atoms with van der Waals surface area (Å²) in [7, 11) is -14.7. The molecule has 0 aromatic carbocycles. The van der Waals surface area contributed by atoms with E-state index < -0.39 is 23.5 Å². The molecule has 15 heavy (non-hydrogen) atoms. The van der Waals surface area contributed by atoms with Gasteiger partial charge in [0.1, 0.15) is 0 Å². The normalized spacial score (nSPS) is 13.5. The molecular weight excluding hydrogens is 285 g/mol. The molecule has 0 aliphatic carbocycles. The predicted molar refractivity (Wildman–Crippen MR) is 43.0 cm³/mol. The summed E-state index contributed by atoms with van der Waals surface area (Å²) in [5.41, 5.74) is 2.75.